The first-order valence-corrected chi connectivity index (χ1v) is 7.59. The molecule has 0 N–H and O–H groups in total. The Balaban J connectivity index is 2.09. The monoisotopic (exact) mass is 358 g/mol. The Bertz CT molecular complexity index is 661. The molecule has 0 aromatic heterocycles. The van der Waals surface area contributed by atoms with Gasteiger partial charge in [-0.3, -0.25) is 9.69 Å². The number of carboxylic acids is 1. The lowest BCUT2D eigenvalue weighted by molar-refractivity contribution is -0.305. The highest BCUT2D eigenvalue weighted by Gasteiger charge is 2.31. The third-order valence-corrected chi connectivity index (χ3v) is 4.19. The van der Waals surface area contributed by atoms with Gasteiger partial charge < -0.3 is 14.6 Å². The van der Waals surface area contributed by atoms with Gasteiger partial charge in [0, 0.05) is 18.9 Å². The van der Waals surface area contributed by atoms with Crippen LogP contribution in [0, 0.1) is 0 Å². The van der Waals surface area contributed by atoms with E-state index in [-0.39, 0.29) is 23.0 Å². The average molecular weight is 358 g/mol. The first-order valence-electron chi connectivity index (χ1n) is 6.37. The van der Waals surface area contributed by atoms with Gasteiger partial charge in [-0.2, -0.15) is 8.78 Å². The lowest BCUT2D eigenvalue weighted by Gasteiger charge is -2.14. The van der Waals surface area contributed by atoms with Crippen LogP contribution in [0.25, 0.3) is 6.08 Å². The molecule has 1 aliphatic heterocycles. The highest BCUT2D eigenvalue weighted by atomic mass is 32.2. The molecule has 1 saturated heterocycles. The number of thioether (sulfide) groups is 1. The minimum atomic E-state index is -2.90. The van der Waals surface area contributed by atoms with Crippen molar-refractivity contribution in [2.75, 3.05) is 6.54 Å². The van der Waals surface area contributed by atoms with E-state index >= 15 is 0 Å². The average Bonchev–Trinajstić information content (AvgIpc) is 2.73. The fourth-order valence-electron chi connectivity index (χ4n) is 1.79. The number of hydrogen-bond acceptors (Lipinski definition) is 6. The molecule has 1 fully saturated rings. The molecule has 1 aromatic carbocycles. The van der Waals surface area contributed by atoms with Crippen molar-refractivity contribution in [2.45, 2.75) is 13.0 Å². The number of halogens is 2. The van der Waals surface area contributed by atoms with Crippen molar-refractivity contribution in [1.29, 1.82) is 0 Å². The Kier molecular flexibility index (Phi) is 5.67. The van der Waals surface area contributed by atoms with E-state index in [0.29, 0.717) is 10.5 Å². The van der Waals surface area contributed by atoms with E-state index in [1.165, 1.54) is 29.2 Å². The highest BCUT2D eigenvalue weighted by Crippen LogP contribution is 2.32. The number of nitrogens with zero attached hydrogens (tertiary/aromatic N) is 1. The van der Waals surface area contributed by atoms with E-state index in [1.54, 1.807) is 6.08 Å². The summed E-state index contributed by atoms with van der Waals surface area (Å²) >= 11 is 6.09. The fraction of sp³-hybridized carbons (Fsp3) is 0.214. The van der Waals surface area contributed by atoms with Gasteiger partial charge in [-0.05, 0) is 23.8 Å². The van der Waals surface area contributed by atoms with Crippen molar-refractivity contribution in [3.05, 3.63) is 34.7 Å². The summed E-state index contributed by atoms with van der Waals surface area (Å²) < 4.78 is 28.6. The summed E-state index contributed by atoms with van der Waals surface area (Å²) in [6, 6.07) is 5.75. The molecule has 0 saturated carbocycles. The maximum atomic E-state index is 12.2. The molecule has 0 radical (unpaired) electrons. The third-order valence-electron chi connectivity index (χ3n) is 2.82. The molecular formula is C14H10F2NO4S2-. The number of alkyl halides is 2. The van der Waals surface area contributed by atoms with E-state index in [0.717, 1.165) is 11.8 Å². The Morgan fingerprint density at radius 1 is 1.39 bits per heavy atom. The first-order chi connectivity index (χ1) is 10.9. The summed E-state index contributed by atoms with van der Waals surface area (Å²) in [6.45, 7) is -2.95. The van der Waals surface area contributed by atoms with Gasteiger partial charge in [-0.25, -0.2) is 0 Å². The van der Waals surface area contributed by atoms with E-state index in [2.05, 4.69) is 4.74 Å². The van der Waals surface area contributed by atoms with Crippen LogP contribution in [-0.2, 0) is 9.59 Å². The Hall–Kier alpha value is -2.00. The van der Waals surface area contributed by atoms with Crippen LogP contribution in [0.4, 0.5) is 8.78 Å². The predicted octanol–water partition coefficient (Wildman–Crippen LogP) is 1.63. The van der Waals surface area contributed by atoms with Gasteiger partial charge in [0.15, 0.2) is 0 Å². The molecule has 23 heavy (non-hydrogen) atoms. The molecule has 0 unspecified atom stereocenters. The second kappa shape index (κ2) is 7.51. The van der Waals surface area contributed by atoms with E-state index in [9.17, 15) is 23.5 Å². The van der Waals surface area contributed by atoms with Gasteiger partial charge in [-0.15, -0.1) is 0 Å². The molecule has 2 rings (SSSR count). The molecule has 0 atom stereocenters. The summed E-state index contributed by atoms with van der Waals surface area (Å²) in [5.41, 5.74) is 0.604. The van der Waals surface area contributed by atoms with Gasteiger partial charge in [0.25, 0.3) is 5.91 Å². The second-order valence-corrected chi connectivity index (χ2v) is 6.08. The van der Waals surface area contributed by atoms with Gasteiger partial charge in [-0.1, -0.05) is 36.1 Å². The number of carboxylic acid groups (broad SMARTS) is 1. The lowest BCUT2D eigenvalue weighted by Crippen LogP contribution is -2.33. The van der Waals surface area contributed by atoms with Crippen molar-refractivity contribution < 1.29 is 28.2 Å². The minimum Gasteiger partial charge on any atom is -0.550 e. The number of thiocarbonyl (C=S) groups is 1. The molecule has 0 bridgehead atoms. The number of amides is 1. The first kappa shape index (κ1) is 17.4. The van der Waals surface area contributed by atoms with Crippen LogP contribution in [0.1, 0.15) is 12.0 Å². The standard InChI is InChI=1S/C14H11F2NO4S2/c15-13(16)21-9-3-1-8(2-4-9)7-10-12(20)17(14(22)23-10)6-5-11(18)19/h1-4,7,13H,5-6H2,(H,18,19)/p-1/b10-7+. The number of hydrogen-bond donors (Lipinski definition) is 0. The van der Waals surface area contributed by atoms with Crippen molar-refractivity contribution in [2.24, 2.45) is 0 Å². The normalized spacial score (nSPS) is 16.5. The van der Waals surface area contributed by atoms with Gasteiger partial charge in [0.05, 0.1) is 4.91 Å². The number of carbonyl (C=O) groups excluding carboxylic acids is 2. The molecule has 1 amide bonds. The maximum Gasteiger partial charge on any atom is 0.387 e. The zero-order valence-electron chi connectivity index (χ0n) is 11.5. The summed E-state index contributed by atoms with van der Waals surface area (Å²) in [7, 11) is 0. The van der Waals surface area contributed by atoms with Crippen molar-refractivity contribution in [3.8, 4) is 5.75 Å². The van der Waals surface area contributed by atoms with Crippen molar-refractivity contribution in [1.82, 2.24) is 4.90 Å². The lowest BCUT2D eigenvalue weighted by atomic mass is 10.2. The maximum absolute atomic E-state index is 12.2. The zero-order valence-corrected chi connectivity index (χ0v) is 13.2. The zero-order chi connectivity index (χ0) is 17.0. The molecule has 5 nitrogen and oxygen atoms in total. The number of carbonyl (C=O) groups is 2. The Morgan fingerprint density at radius 3 is 2.61 bits per heavy atom. The van der Waals surface area contributed by atoms with Crippen LogP contribution in [-0.4, -0.2) is 34.3 Å². The molecular weight excluding hydrogens is 348 g/mol. The van der Waals surface area contributed by atoms with E-state index in [1.807, 2.05) is 0 Å². The third kappa shape index (κ3) is 4.73. The molecule has 1 aliphatic rings. The predicted molar refractivity (Wildman–Crippen MR) is 82.6 cm³/mol. The topological polar surface area (TPSA) is 69.7 Å². The Morgan fingerprint density at radius 2 is 2.04 bits per heavy atom. The number of aliphatic carboxylic acids is 1. The largest absolute Gasteiger partial charge is 0.550 e. The highest BCUT2D eigenvalue weighted by molar-refractivity contribution is 8.26. The quantitative estimate of drug-likeness (QED) is 0.569. The van der Waals surface area contributed by atoms with Crippen LogP contribution >= 0.6 is 24.0 Å². The van der Waals surface area contributed by atoms with Gasteiger partial charge in [0.1, 0.15) is 10.1 Å². The summed E-state index contributed by atoms with van der Waals surface area (Å²) in [6.07, 6.45) is 1.24. The van der Waals surface area contributed by atoms with Crippen molar-refractivity contribution >= 4 is 46.3 Å². The van der Waals surface area contributed by atoms with Crippen LogP contribution in [0.5, 0.6) is 5.75 Å². The van der Waals surface area contributed by atoms with E-state index in [4.69, 9.17) is 12.2 Å². The number of benzene rings is 1. The van der Waals surface area contributed by atoms with Crippen LogP contribution in [0.2, 0.25) is 0 Å². The second-order valence-electron chi connectivity index (χ2n) is 4.40. The van der Waals surface area contributed by atoms with Crippen LogP contribution in [0.15, 0.2) is 29.2 Å². The van der Waals surface area contributed by atoms with Gasteiger partial charge in [0.2, 0.25) is 0 Å². The minimum absolute atomic E-state index is 0.0126. The summed E-state index contributed by atoms with van der Waals surface area (Å²) in [4.78, 5) is 24.1. The van der Waals surface area contributed by atoms with Gasteiger partial charge >= 0.3 is 6.61 Å². The SMILES string of the molecule is O=C([O-])CCN1C(=O)/C(=C\c2ccc(OC(F)F)cc2)SC1=S. The summed E-state index contributed by atoms with van der Waals surface area (Å²) in [5, 5.41) is 10.5. The molecule has 1 heterocycles. The molecule has 9 heteroatoms. The van der Waals surface area contributed by atoms with Crippen LogP contribution in [0.3, 0.4) is 0 Å². The number of ether oxygens (including phenoxy) is 1. The molecule has 0 spiro atoms. The van der Waals surface area contributed by atoms with Crippen LogP contribution < -0.4 is 9.84 Å². The molecule has 0 aliphatic carbocycles. The molecule has 122 valence electrons. The summed E-state index contributed by atoms with van der Waals surface area (Å²) in [5.74, 6) is -1.65. The fourth-order valence-corrected chi connectivity index (χ4v) is 3.10. The Labute approximate surface area is 139 Å². The number of rotatable bonds is 6. The molecule has 1 aromatic rings. The van der Waals surface area contributed by atoms with E-state index < -0.39 is 18.5 Å². The van der Waals surface area contributed by atoms with Crippen molar-refractivity contribution in [3.63, 3.8) is 0 Å². The smallest absolute Gasteiger partial charge is 0.387 e.